The highest BCUT2D eigenvalue weighted by atomic mass is 32.2. The molecule has 1 unspecified atom stereocenters. The quantitative estimate of drug-likeness (QED) is 0.801. The topological polar surface area (TPSA) is 108 Å². The van der Waals surface area contributed by atoms with E-state index in [2.05, 4.69) is 4.99 Å². The molecule has 26 heavy (non-hydrogen) atoms. The van der Waals surface area contributed by atoms with Gasteiger partial charge in [-0.15, -0.1) is 0 Å². The number of ether oxygens (including phenoxy) is 1. The van der Waals surface area contributed by atoms with Gasteiger partial charge in [0.15, 0.2) is 5.25 Å². The molecule has 0 spiro atoms. The molecule has 0 saturated carbocycles. The second-order valence-corrected chi connectivity index (χ2v) is 8.05. The average Bonchev–Trinajstić information content (AvgIpc) is 2.60. The molecule has 1 atom stereocenters. The van der Waals surface area contributed by atoms with E-state index in [-0.39, 0.29) is 18.8 Å². The van der Waals surface area contributed by atoms with Gasteiger partial charge in [-0.3, -0.25) is 10.1 Å². The molecule has 3 amide bonds. The van der Waals surface area contributed by atoms with Crippen molar-refractivity contribution < 1.29 is 22.7 Å². The van der Waals surface area contributed by atoms with Crippen LogP contribution in [0.25, 0.3) is 0 Å². The van der Waals surface area contributed by atoms with Gasteiger partial charge in [-0.2, -0.15) is 4.31 Å². The Labute approximate surface area is 151 Å². The lowest BCUT2D eigenvalue weighted by Crippen LogP contribution is -2.57. The summed E-state index contributed by atoms with van der Waals surface area (Å²) < 4.78 is 32.4. The van der Waals surface area contributed by atoms with Crippen molar-refractivity contribution in [2.24, 2.45) is 4.99 Å². The average molecular weight is 380 g/mol. The van der Waals surface area contributed by atoms with Crippen molar-refractivity contribution in [1.82, 2.24) is 9.62 Å². The Balaban J connectivity index is 1.76. The summed E-state index contributed by atoms with van der Waals surface area (Å²) in [6.07, 6.45) is 0. The number of aliphatic imine (C=N–C) groups is 1. The van der Waals surface area contributed by atoms with E-state index in [1.807, 2.05) is 34.5 Å². The van der Waals surface area contributed by atoms with Crippen molar-refractivity contribution in [1.29, 1.82) is 0 Å². The fourth-order valence-corrected chi connectivity index (χ4v) is 4.97. The molecule has 2 aliphatic rings. The van der Waals surface area contributed by atoms with Gasteiger partial charge in [0.05, 0.1) is 12.8 Å². The van der Waals surface area contributed by atoms with E-state index < -0.39 is 27.2 Å². The normalized spacial score (nSPS) is 22.0. The molecule has 0 radical (unpaired) electrons. The number of carbonyl (C=O) groups excluding carboxylic acids is 2. The number of rotatable bonds is 4. The van der Waals surface area contributed by atoms with Gasteiger partial charge in [0.1, 0.15) is 5.75 Å². The Bertz CT molecular complexity index is 859. The lowest BCUT2D eigenvalue weighted by molar-refractivity contribution is -0.118. The van der Waals surface area contributed by atoms with Crippen molar-refractivity contribution in [3.05, 3.63) is 24.3 Å². The molecule has 0 bridgehead atoms. The largest absolute Gasteiger partial charge is 0.495 e. The number of amides is 3. The molecule has 1 saturated heterocycles. The van der Waals surface area contributed by atoms with Crippen LogP contribution in [0.1, 0.15) is 6.92 Å². The number of para-hydroxylation sites is 2. The number of sulfonamides is 1. The zero-order valence-electron chi connectivity index (χ0n) is 14.5. The van der Waals surface area contributed by atoms with Crippen LogP contribution in [-0.4, -0.2) is 68.9 Å². The maximum Gasteiger partial charge on any atom is 0.347 e. The summed E-state index contributed by atoms with van der Waals surface area (Å²) in [4.78, 5) is 28.9. The fourth-order valence-electron chi connectivity index (χ4n) is 3.18. The van der Waals surface area contributed by atoms with Crippen LogP contribution in [0, 0.1) is 0 Å². The lowest BCUT2D eigenvalue weighted by Gasteiger charge is -2.37. The van der Waals surface area contributed by atoms with E-state index >= 15 is 0 Å². The number of anilines is 1. The van der Waals surface area contributed by atoms with Gasteiger partial charge in [-0.25, -0.2) is 18.2 Å². The minimum absolute atomic E-state index is 0.00842. The number of urea groups is 1. The van der Waals surface area contributed by atoms with E-state index in [4.69, 9.17) is 4.74 Å². The zero-order valence-corrected chi connectivity index (χ0v) is 15.3. The molecule has 0 aromatic heterocycles. The summed E-state index contributed by atoms with van der Waals surface area (Å²) in [5.74, 6) is -0.133. The molecule has 10 heteroatoms. The van der Waals surface area contributed by atoms with Crippen molar-refractivity contribution in [3.8, 4) is 5.75 Å². The first kappa shape index (κ1) is 18.3. The molecule has 2 aliphatic heterocycles. The number of piperazine rings is 1. The molecule has 9 nitrogen and oxygen atoms in total. The third-order valence-corrected chi connectivity index (χ3v) is 6.68. The third-order valence-electron chi connectivity index (χ3n) is 4.45. The molecule has 3 rings (SSSR count). The van der Waals surface area contributed by atoms with Crippen molar-refractivity contribution >= 4 is 33.4 Å². The van der Waals surface area contributed by atoms with E-state index in [1.54, 1.807) is 7.11 Å². The van der Waals surface area contributed by atoms with Crippen LogP contribution < -0.4 is 15.0 Å². The van der Waals surface area contributed by atoms with E-state index in [0.29, 0.717) is 13.1 Å². The summed E-state index contributed by atoms with van der Waals surface area (Å²) in [7, 11) is -2.36. The lowest BCUT2D eigenvalue weighted by atomic mass is 10.2. The van der Waals surface area contributed by atoms with Crippen LogP contribution in [-0.2, 0) is 14.8 Å². The molecular formula is C16H20N4O5S. The number of nitrogens with zero attached hydrogens (tertiary/aromatic N) is 3. The van der Waals surface area contributed by atoms with Crippen molar-refractivity contribution in [2.45, 2.75) is 12.2 Å². The highest BCUT2D eigenvalue weighted by molar-refractivity contribution is 7.91. The van der Waals surface area contributed by atoms with Crippen LogP contribution in [0.3, 0.4) is 0 Å². The monoisotopic (exact) mass is 380 g/mol. The van der Waals surface area contributed by atoms with E-state index in [9.17, 15) is 18.0 Å². The Morgan fingerprint density at radius 1 is 1.15 bits per heavy atom. The standard InChI is InChI=1S/C16H20N4O5S/c1-11-14(15(21)18-16(22)17-11)26(23,24)20-9-7-19(8-10-20)12-5-3-4-6-13(12)25-2/h3-6,14H,7-10H2,1-2H3,(H,18,21,22). The number of benzene rings is 1. The first-order valence-corrected chi connectivity index (χ1v) is 9.62. The molecule has 0 aliphatic carbocycles. The Hall–Kier alpha value is -2.46. The number of imide groups is 1. The molecule has 140 valence electrons. The van der Waals surface area contributed by atoms with Crippen LogP contribution >= 0.6 is 0 Å². The Kier molecular flexibility index (Phi) is 4.97. The molecular weight excluding hydrogens is 360 g/mol. The SMILES string of the molecule is COc1ccccc1N1CCN(S(=O)(=O)C2C(=O)NC(=O)N=C2C)CC1. The van der Waals surface area contributed by atoms with Crippen LogP contribution in [0.15, 0.2) is 29.3 Å². The Morgan fingerprint density at radius 2 is 1.81 bits per heavy atom. The minimum atomic E-state index is -3.95. The van der Waals surface area contributed by atoms with E-state index in [1.165, 1.54) is 11.2 Å². The van der Waals surface area contributed by atoms with Crippen molar-refractivity contribution in [3.63, 3.8) is 0 Å². The molecule has 1 N–H and O–H groups in total. The summed E-state index contributed by atoms with van der Waals surface area (Å²) in [5.41, 5.74) is 0.886. The van der Waals surface area contributed by atoms with Gasteiger partial charge in [0, 0.05) is 31.9 Å². The maximum absolute atomic E-state index is 12.9. The first-order chi connectivity index (χ1) is 12.3. The highest BCUT2D eigenvalue weighted by Crippen LogP contribution is 2.29. The first-order valence-electron chi connectivity index (χ1n) is 8.11. The van der Waals surface area contributed by atoms with Gasteiger partial charge < -0.3 is 9.64 Å². The Morgan fingerprint density at radius 3 is 2.42 bits per heavy atom. The number of nitrogens with one attached hydrogen (secondary N) is 1. The number of hydrogen-bond acceptors (Lipinski definition) is 6. The molecule has 1 aromatic rings. The van der Waals surface area contributed by atoms with Gasteiger partial charge >= 0.3 is 6.03 Å². The van der Waals surface area contributed by atoms with Gasteiger partial charge in [0.2, 0.25) is 10.0 Å². The number of carbonyl (C=O) groups is 2. The second-order valence-electron chi connectivity index (χ2n) is 6.03. The van der Waals surface area contributed by atoms with Gasteiger partial charge in [-0.1, -0.05) is 12.1 Å². The number of methoxy groups -OCH3 is 1. The minimum Gasteiger partial charge on any atom is -0.495 e. The fraction of sp³-hybridized carbons (Fsp3) is 0.438. The zero-order chi connectivity index (χ0) is 18.9. The molecule has 1 aromatic carbocycles. The predicted octanol–water partition coefficient (Wildman–Crippen LogP) is 0.226. The smallest absolute Gasteiger partial charge is 0.347 e. The molecule has 1 fully saturated rings. The van der Waals surface area contributed by atoms with Gasteiger partial charge in [0.25, 0.3) is 5.91 Å². The van der Waals surface area contributed by atoms with Crippen LogP contribution in [0.5, 0.6) is 5.75 Å². The third kappa shape index (κ3) is 3.29. The summed E-state index contributed by atoms with van der Waals surface area (Å²) in [5, 5.41) is 0.496. The maximum atomic E-state index is 12.9. The van der Waals surface area contributed by atoms with Crippen LogP contribution in [0.4, 0.5) is 10.5 Å². The van der Waals surface area contributed by atoms with E-state index in [0.717, 1.165) is 11.4 Å². The second kappa shape index (κ2) is 7.04. The summed E-state index contributed by atoms with van der Waals surface area (Å²) in [6, 6.07) is 6.69. The number of hydrogen-bond donors (Lipinski definition) is 1. The summed E-state index contributed by atoms with van der Waals surface area (Å²) >= 11 is 0. The van der Waals surface area contributed by atoms with Crippen LogP contribution in [0.2, 0.25) is 0 Å². The highest BCUT2D eigenvalue weighted by Gasteiger charge is 2.43. The predicted molar refractivity (Wildman–Crippen MR) is 96.1 cm³/mol. The summed E-state index contributed by atoms with van der Waals surface area (Å²) in [6.45, 7) is 2.76. The van der Waals surface area contributed by atoms with Crippen molar-refractivity contribution in [2.75, 3.05) is 38.2 Å². The molecule has 2 heterocycles. The van der Waals surface area contributed by atoms with Gasteiger partial charge in [-0.05, 0) is 19.1 Å².